The molecule has 0 unspecified atom stereocenters. The zero-order valence-corrected chi connectivity index (χ0v) is 12.7. The lowest BCUT2D eigenvalue weighted by Crippen LogP contribution is -2.40. The highest BCUT2D eigenvalue weighted by Gasteiger charge is 2.25. The fraction of sp³-hybridized carbons (Fsp3) is 0.562. The molecular weight excluding hydrogens is 268 g/mol. The van der Waals surface area contributed by atoms with Crippen LogP contribution in [0.15, 0.2) is 24.3 Å². The van der Waals surface area contributed by atoms with Crippen LogP contribution in [-0.4, -0.2) is 31.9 Å². The number of carbonyl (C=O) groups excluding carboxylic acids is 1. The fourth-order valence-corrected chi connectivity index (χ4v) is 2.64. The summed E-state index contributed by atoms with van der Waals surface area (Å²) in [5.74, 6) is 0.820. The molecule has 0 aromatic heterocycles. The summed E-state index contributed by atoms with van der Waals surface area (Å²) >= 11 is 0. The average Bonchev–Trinajstić information content (AvgIpc) is 2.94. The van der Waals surface area contributed by atoms with E-state index in [1.807, 2.05) is 31.2 Å². The van der Waals surface area contributed by atoms with Gasteiger partial charge in [0, 0.05) is 25.3 Å². The van der Waals surface area contributed by atoms with Gasteiger partial charge in [-0.1, -0.05) is 18.2 Å². The molecule has 1 saturated carbocycles. The first-order chi connectivity index (χ1) is 10.2. The molecule has 2 N–H and O–H groups in total. The second-order valence-electron chi connectivity index (χ2n) is 5.24. The number of rotatable bonds is 6. The molecule has 2 amide bonds. The van der Waals surface area contributed by atoms with Gasteiger partial charge in [-0.2, -0.15) is 0 Å². The van der Waals surface area contributed by atoms with Gasteiger partial charge in [0.1, 0.15) is 5.75 Å². The zero-order chi connectivity index (χ0) is 15.1. The molecule has 0 bridgehead atoms. The average molecular weight is 292 g/mol. The molecule has 1 fully saturated rings. The van der Waals surface area contributed by atoms with Gasteiger partial charge in [0.15, 0.2) is 0 Å². The molecule has 1 aliphatic rings. The summed E-state index contributed by atoms with van der Waals surface area (Å²) in [6, 6.07) is 7.82. The third kappa shape index (κ3) is 4.63. The Hall–Kier alpha value is -1.75. The maximum Gasteiger partial charge on any atom is 0.315 e. The molecule has 2 atom stereocenters. The molecule has 1 aliphatic carbocycles. The lowest BCUT2D eigenvalue weighted by molar-refractivity contribution is 0.107. The van der Waals surface area contributed by atoms with Gasteiger partial charge in [0.05, 0.1) is 12.7 Å². The van der Waals surface area contributed by atoms with Crippen molar-refractivity contribution in [1.82, 2.24) is 10.6 Å². The number of ether oxygens (including phenoxy) is 2. The van der Waals surface area contributed by atoms with Gasteiger partial charge < -0.3 is 20.1 Å². The second kappa shape index (κ2) is 7.88. The minimum atomic E-state index is -0.136. The van der Waals surface area contributed by atoms with Gasteiger partial charge in [-0.15, -0.1) is 0 Å². The Labute approximate surface area is 126 Å². The van der Waals surface area contributed by atoms with E-state index >= 15 is 0 Å². The van der Waals surface area contributed by atoms with Crippen molar-refractivity contribution in [1.29, 1.82) is 0 Å². The number of para-hydroxylation sites is 1. The first-order valence-corrected chi connectivity index (χ1v) is 7.50. The highest BCUT2D eigenvalue weighted by molar-refractivity contribution is 5.74. The van der Waals surface area contributed by atoms with Gasteiger partial charge in [-0.25, -0.2) is 4.79 Å². The van der Waals surface area contributed by atoms with E-state index in [0.29, 0.717) is 13.2 Å². The molecule has 0 aliphatic heterocycles. The van der Waals surface area contributed by atoms with Crippen molar-refractivity contribution >= 4 is 6.03 Å². The Kier molecular flexibility index (Phi) is 5.87. The van der Waals surface area contributed by atoms with Crippen LogP contribution in [0.3, 0.4) is 0 Å². The number of hydrogen-bond donors (Lipinski definition) is 2. The van der Waals surface area contributed by atoms with E-state index in [9.17, 15) is 4.79 Å². The Bertz CT molecular complexity index is 465. The van der Waals surface area contributed by atoms with Crippen molar-refractivity contribution in [3.8, 4) is 5.75 Å². The number of amides is 2. The SMILES string of the molecule is CCOc1ccccc1CNC(=O)N[C@H]1CC[C@@H](OC)C1. The molecule has 0 spiro atoms. The third-order valence-electron chi connectivity index (χ3n) is 3.76. The molecular formula is C16H24N2O3. The van der Waals surface area contributed by atoms with Crippen LogP contribution < -0.4 is 15.4 Å². The van der Waals surface area contributed by atoms with Crippen molar-refractivity contribution in [2.75, 3.05) is 13.7 Å². The standard InChI is InChI=1S/C16H24N2O3/c1-3-21-15-7-5-4-6-12(15)11-17-16(19)18-13-8-9-14(10-13)20-2/h4-7,13-14H,3,8-11H2,1-2H3,(H2,17,18,19)/t13-,14+/m0/s1. The van der Waals surface area contributed by atoms with Crippen LogP contribution in [0.2, 0.25) is 0 Å². The van der Waals surface area contributed by atoms with Crippen molar-refractivity contribution < 1.29 is 14.3 Å². The minimum Gasteiger partial charge on any atom is -0.494 e. The van der Waals surface area contributed by atoms with Crippen molar-refractivity contribution in [3.63, 3.8) is 0 Å². The van der Waals surface area contributed by atoms with Gasteiger partial charge in [-0.05, 0) is 32.3 Å². The topological polar surface area (TPSA) is 59.6 Å². The molecule has 116 valence electrons. The van der Waals surface area contributed by atoms with E-state index in [2.05, 4.69) is 10.6 Å². The summed E-state index contributed by atoms with van der Waals surface area (Å²) in [7, 11) is 1.72. The maximum atomic E-state index is 11.9. The molecule has 0 saturated heterocycles. The van der Waals surface area contributed by atoms with Crippen LogP contribution in [0.1, 0.15) is 31.7 Å². The van der Waals surface area contributed by atoms with E-state index in [0.717, 1.165) is 30.6 Å². The molecule has 1 aromatic carbocycles. The largest absolute Gasteiger partial charge is 0.494 e. The molecule has 5 nitrogen and oxygen atoms in total. The molecule has 0 heterocycles. The molecule has 2 rings (SSSR count). The minimum absolute atomic E-state index is 0.136. The summed E-state index contributed by atoms with van der Waals surface area (Å²) in [5, 5.41) is 5.88. The number of urea groups is 1. The van der Waals surface area contributed by atoms with E-state index in [-0.39, 0.29) is 18.2 Å². The monoisotopic (exact) mass is 292 g/mol. The van der Waals surface area contributed by atoms with Crippen molar-refractivity contribution in [2.24, 2.45) is 0 Å². The van der Waals surface area contributed by atoms with Crippen LogP contribution in [0, 0.1) is 0 Å². The predicted molar refractivity (Wildman–Crippen MR) is 81.4 cm³/mol. The van der Waals surface area contributed by atoms with Crippen molar-refractivity contribution in [2.45, 2.75) is 44.9 Å². The fourth-order valence-electron chi connectivity index (χ4n) is 2.64. The number of hydrogen-bond acceptors (Lipinski definition) is 3. The van der Waals surface area contributed by atoms with Crippen LogP contribution in [-0.2, 0) is 11.3 Å². The van der Waals surface area contributed by atoms with Gasteiger partial charge in [0.25, 0.3) is 0 Å². The van der Waals surface area contributed by atoms with Gasteiger partial charge in [-0.3, -0.25) is 0 Å². The summed E-state index contributed by atoms with van der Waals surface area (Å²) in [6.07, 6.45) is 3.14. The first-order valence-electron chi connectivity index (χ1n) is 7.50. The van der Waals surface area contributed by atoms with E-state index in [1.165, 1.54) is 0 Å². The first kappa shape index (κ1) is 15.6. The van der Waals surface area contributed by atoms with E-state index in [4.69, 9.17) is 9.47 Å². The highest BCUT2D eigenvalue weighted by atomic mass is 16.5. The van der Waals surface area contributed by atoms with Crippen LogP contribution >= 0.6 is 0 Å². The Morgan fingerprint density at radius 3 is 2.86 bits per heavy atom. The molecule has 0 radical (unpaired) electrons. The Morgan fingerprint density at radius 1 is 1.33 bits per heavy atom. The van der Waals surface area contributed by atoms with Crippen molar-refractivity contribution in [3.05, 3.63) is 29.8 Å². The number of carbonyl (C=O) groups is 1. The number of nitrogens with one attached hydrogen (secondary N) is 2. The summed E-state index contributed by atoms with van der Waals surface area (Å²) in [6.45, 7) is 3.02. The lowest BCUT2D eigenvalue weighted by atomic mass is 10.2. The third-order valence-corrected chi connectivity index (χ3v) is 3.76. The molecule has 1 aromatic rings. The van der Waals surface area contributed by atoms with E-state index in [1.54, 1.807) is 7.11 Å². The predicted octanol–water partition coefficient (Wildman–Crippen LogP) is 2.45. The lowest BCUT2D eigenvalue weighted by Gasteiger charge is -2.15. The molecule has 21 heavy (non-hydrogen) atoms. The summed E-state index contributed by atoms with van der Waals surface area (Å²) in [4.78, 5) is 11.9. The van der Waals surface area contributed by atoms with E-state index < -0.39 is 0 Å². The van der Waals surface area contributed by atoms with Crippen LogP contribution in [0.5, 0.6) is 5.75 Å². The Balaban J connectivity index is 1.79. The van der Waals surface area contributed by atoms with Gasteiger partial charge in [0.2, 0.25) is 0 Å². The maximum absolute atomic E-state index is 11.9. The Morgan fingerprint density at radius 2 is 2.14 bits per heavy atom. The van der Waals surface area contributed by atoms with Crippen LogP contribution in [0.25, 0.3) is 0 Å². The zero-order valence-electron chi connectivity index (χ0n) is 12.7. The normalized spacial score (nSPS) is 21.0. The summed E-state index contributed by atoms with van der Waals surface area (Å²) in [5.41, 5.74) is 0.982. The highest BCUT2D eigenvalue weighted by Crippen LogP contribution is 2.21. The number of benzene rings is 1. The summed E-state index contributed by atoms with van der Waals surface area (Å²) < 4.78 is 10.8. The smallest absolute Gasteiger partial charge is 0.315 e. The quantitative estimate of drug-likeness (QED) is 0.846. The number of methoxy groups -OCH3 is 1. The second-order valence-corrected chi connectivity index (χ2v) is 5.24. The van der Waals surface area contributed by atoms with Gasteiger partial charge >= 0.3 is 6.03 Å². The molecule has 5 heteroatoms. The van der Waals surface area contributed by atoms with Crippen LogP contribution in [0.4, 0.5) is 4.79 Å².